The van der Waals surface area contributed by atoms with E-state index in [1.807, 2.05) is 18.4 Å². The Morgan fingerprint density at radius 2 is 1.89 bits per heavy atom. The zero-order chi connectivity index (χ0) is 19.9. The van der Waals surface area contributed by atoms with Crippen molar-refractivity contribution in [3.05, 3.63) is 41.0 Å². The minimum absolute atomic E-state index is 0.0230. The van der Waals surface area contributed by atoms with Crippen LogP contribution in [0.5, 0.6) is 0 Å². The van der Waals surface area contributed by atoms with Gasteiger partial charge in [-0.3, -0.25) is 4.90 Å². The van der Waals surface area contributed by atoms with Gasteiger partial charge in [-0.25, -0.2) is 9.50 Å². The summed E-state index contributed by atoms with van der Waals surface area (Å²) in [7, 11) is 0. The smallest absolute Gasteiger partial charge is 0.153 e. The first-order chi connectivity index (χ1) is 13.3. The van der Waals surface area contributed by atoms with Gasteiger partial charge in [0.15, 0.2) is 5.65 Å². The van der Waals surface area contributed by atoms with E-state index < -0.39 is 0 Å². The highest BCUT2D eigenvalue weighted by molar-refractivity contribution is 5.47. The maximum Gasteiger partial charge on any atom is 0.153 e. The molecule has 0 amide bonds. The molecule has 150 valence electrons. The van der Waals surface area contributed by atoms with E-state index in [-0.39, 0.29) is 5.41 Å². The first-order valence-electron chi connectivity index (χ1n) is 10.1. The normalized spacial score (nSPS) is 16.7. The SMILES string of the molecule is Cc1noc(C)c1CN1CCCN(c2ccc3nc(C(C)(C)C)cn3n2)CC1. The molecule has 0 atom stereocenters. The number of anilines is 1. The summed E-state index contributed by atoms with van der Waals surface area (Å²) in [6, 6.07) is 4.17. The molecule has 4 heterocycles. The average Bonchev–Trinajstić information content (AvgIpc) is 3.12. The van der Waals surface area contributed by atoms with Gasteiger partial charge in [-0.05, 0) is 32.4 Å². The molecule has 4 rings (SSSR count). The number of hydrogen-bond donors (Lipinski definition) is 0. The zero-order valence-corrected chi connectivity index (χ0v) is 17.6. The summed E-state index contributed by atoms with van der Waals surface area (Å²) in [5.41, 5.74) is 4.22. The first-order valence-corrected chi connectivity index (χ1v) is 10.1. The van der Waals surface area contributed by atoms with Gasteiger partial charge in [0.2, 0.25) is 0 Å². The number of rotatable bonds is 3. The predicted molar refractivity (Wildman–Crippen MR) is 110 cm³/mol. The Balaban J connectivity index is 1.48. The summed E-state index contributed by atoms with van der Waals surface area (Å²) < 4.78 is 7.24. The van der Waals surface area contributed by atoms with Crippen molar-refractivity contribution in [3.63, 3.8) is 0 Å². The minimum atomic E-state index is 0.0230. The van der Waals surface area contributed by atoms with Crippen molar-refractivity contribution < 1.29 is 4.52 Å². The van der Waals surface area contributed by atoms with E-state index in [2.05, 4.69) is 54.1 Å². The summed E-state index contributed by atoms with van der Waals surface area (Å²) in [6.45, 7) is 15.5. The van der Waals surface area contributed by atoms with Crippen molar-refractivity contribution in [1.82, 2.24) is 24.7 Å². The Morgan fingerprint density at radius 1 is 1.07 bits per heavy atom. The molecule has 0 unspecified atom stereocenters. The van der Waals surface area contributed by atoms with Crippen LogP contribution in [0.25, 0.3) is 5.65 Å². The topological polar surface area (TPSA) is 62.7 Å². The van der Waals surface area contributed by atoms with Gasteiger partial charge in [0.25, 0.3) is 0 Å². The lowest BCUT2D eigenvalue weighted by atomic mass is 9.93. The first kappa shape index (κ1) is 18.9. The van der Waals surface area contributed by atoms with Crippen molar-refractivity contribution >= 4 is 11.5 Å². The molecule has 7 heteroatoms. The zero-order valence-electron chi connectivity index (χ0n) is 17.6. The molecule has 1 saturated heterocycles. The highest BCUT2D eigenvalue weighted by Crippen LogP contribution is 2.23. The Labute approximate surface area is 166 Å². The fourth-order valence-corrected chi connectivity index (χ4v) is 3.71. The molecule has 28 heavy (non-hydrogen) atoms. The molecule has 1 aliphatic heterocycles. The molecule has 3 aromatic heterocycles. The van der Waals surface area contributed by atoms with Gasteiger partial charge in [0.05, 0.1) is 17.6 Å². The molecule has 0 aliphatic carbocycles. The Kier molecular flexibility index (Phi) is 4.87. The third-order valence-corrected chi connectivity index (χ3v) is 5.55. The van der Waals surface area contributed by atoms with Gasteiger partial charge in [-0.2, -0.15) is 0 Å². The van der Waals surface area contributed by atoms with Gasteiger partial charge in [-0.1, -0.05) is 25.9 Å². The van der Waals surface area contributed by atoms with Crippen molar-refractivity contribution in [3.8, 4) is 0 Å². The van der Waals surface area contributed by atoms with E-state index in [9.17, 15) is 0 Å². The van der Waals surface area contributed by atoms with E-state index in [0.29, 0.717) is 0 Å². The van der Waals surface area contributed by atoms with Crippen LogP contribution < -0.4 is 4.90 Å². The van der Waals surface area contributed by atoms with Crippen molar-refractivity contribution in [2.24, 2.45) is 0 Å². The summed E-state index contributed by atoms with van der Waals surface area (Å²) in [4.78, 5) is 9.58. The van der Waals surface area contributed by atoms with Crippen LogP contribution >= 0.6 is 0 Å². The van der Waals surface area contributed by atoms with Gasteiger partial charge >= 0.3 is 0 Å². The maximum atomic E-state index is 5.32. The molecule has 0 bridgehead atoms. The summed E-state index contributed by atoms with van der Waals surface area (Å²) in [6.07, 6.45) is 3.17. The van der Waals surface area contributed by atoms with Crippen LogP contribution in [0.1, 0.15) is 49.9 Å². The molecule has 0 radical (unpaired) electrons. The minimum Gasteiger partial charge on any atom is -0.361 e. The lowest BCUT2D eigenvalue weighted by Gasteiger charge is -2.22. The van der Waals surface area contributed by atoms with E-state index in [0.717, 1.165) is 67.8 Å². The van der Waals surface area contributed by atoms with Crippen molar-refractivity contribution in [1.29, 1.82) is 0 Å². The summed E-state index contributed by atoms with van der Waals surface area (Å²) >= 11 is 0. The van der Waals surface area contributed by atoms with Crippen molar-refractivity contribution in [2.75, 3.05) is 31.1 Å². The van der Waals surface area contributed by atoms with E-state index >= 15 is 0 Å². The van der Waals surface area contributed by atoms with Gasteiger partial charge in [0, 0.05) is 43.7 Å². The summed E-state index contributed by atoms with van der Waals surface area (Å²) in [5, 5.41) is 8.93. The maximum absolute atomic E-state index is 5.32. The summed E-state index contributed by atoms with van der Waals surface area (Å²) in [5.74, 6) is 1.95. The number of imidazole rings is 1. The molecule has 0 N–H and O–H groups in total. The molecular formula is C21H30N6O. The van der Waals surface area contributed by atoms with E-state index in [1.54, 1.807) is 0 Å². The molecule has 3 aromatic rings. The standard InChI is InChI=1S/C21H30N6O/c1-15-17(16(2)28-24-15)13-25-9-6-10-26(12-11-25)20-8-7-19-22-18(21(3,4)5)14-27(19)23-20/h7-8,14H,6,9-13H2,1-5H3. The van der Waals surface area contributed by atoms with Crippen LogP contribution in [0.3, 0.4) is 0 Å². The monoisotopic (exact) mass is 382 g/mol. The van der Waals surface area contributed by atoms with Gasteiger partial charge in [0.1, 0.15) is 11.6 Å². The molecule has 0 saturated carbocycles. The van der Waals surface area contributed by atoms with Gasteiger partial charge < -0.3 is 9.42 Å². The third-order valence-electron chi connectivity index (χ3n) is 5.55. The van der Waals surface area contributed by atoms with Crippen LogP contribution in [-0.2, 0) is 12.0 Å². The molecule has 1 fully saturated rings. The lowest BCUT2D eigenvalue weighted by molar-refractivity contribution is 0.282. The predicted octanol–water partition coefficient (Wildman–Crippen LogP) is 3.34. The fourth-order valence-electron chi connectivity index (χ4n) is 3.71. The van der Waals surface area contributed by atoms with E-state index in [4.69, 9.17) is 14.6 Å². The highest BCUT2D eigenvalue weighted by Gasteiger charge is 2.21. The van der Waals surface area contributed by atoms with Crippen LogP contribution in [0.4, 0.5) is 5.82 Å². The van der Waals surface area contributed by atoms with Crippen molar-refractivity contribution in [2.45, 2.75) is 53.0 Å². The molecular weight excluding hydrogens is 352 g/mol. The van der Waals surface area contributed by atoms with Crippen LogP contribution in [0.2, 0.25) is 0 Å². The Bertz CT molecular complexity index is 948. The molecule has 0 aromatic carbocycles. The third kappa shape index (κ3) is 3.76. The van der Waals surface area contributed by atoms with Crippen LogP contribution in [-0.4, -0.2) is 50.8 Å². The quantitative estimate of drug-likeness (QED) is 0.692. The molecule has 0 spiro atoms. The number of aromatic nitrogens is 4. The number of hydrogen-bond acceptors (Lipinski definition) is 6. The number of fused-ring (bicyclic) bond motifs is 1. The Morgan fingerprint density at radius 3 is 2.61 bits per heavy atom. The number of aryl methyl sites for hydroxylation is 2. The second-order valence-corrected chi connectivity index (χ2v) is 8.79. The highest BCUT2D eigenvalue weighted by atomic mass is 16.5. The van der Waals surface area contributed by atoms with E-state index in [1.165, 1.54) is 5.56 Å². The number of nitrogens with zero attached hydrogens (tertiary/aromatic N) is 6. The lowest BCUT2D eigenvalue weighted by Crippen LogP contribution is -2.31. The molecule has 1 aliphatic rings. The van der Waals surface area contributed by atoms with Crippen LogP contribution in [0.15, 0.2) is 22.9 Å². The largest absolute Gasteiger partial charge is 0.361 e. The molecule has 7 nitrogen and oxygen atoms in total. The fraction of sp³-hybridized carbons (Fsp3) is 0.571. The van der Waals surface area contributed by atoms with Gasteiger partial charge in [-0.15, -0.1) is 5.10 Å². The second kappa shape index (κ2) is 7.20. The average molecular weight is 383 g/mol. The second-order valence-electron chi connectivity index (χ2n) is 8.79. The Hall–Kier alpha value is -2.41. The van der Waals surface area contributed by atoms with Crippen LogP contribution in [0, 0.1) is 13.8 Å².